The molecule has 0 aliphatic heterocycles. The molecule has 0 saturated carbocycles. The zero-order valence-corrected chi connectivity index (χ0v) is 7.52. The number of isocyanates is 1. The first kappa shape index (κ1) is 11.0. The third kappa shape index (κ3) is 2.92. The van der Waals surface area contributed by atoms with E-state index in [2.05, 4.69) is 16.9 Å². The molecule has 0 bridgehead atoms. The molecule has 0 radical (unpaired) electrons. The number of thiazole rings is 1. The average molecular weight is 186 g/mol. The van der Waals surface area contributed by atoms with E-state index < -0.39 is 0 Å². The third-order valence-electron chi connectivity index (χ3n) is 1.18. The highest BCUT2D eigenvalue weighted by Gasteiger charge is 1.97. The summed E-state index contributed by atoms with van der Waals surface area (Å²) >= 11 is 1.44. The smallest absolute Gasteiger partial charge is 0.242 e. The van der Waals surface area contributed by atoms with Gasteiger partial charge in [0.1, 0.15) is 0 Å². The Balaban J connectivity index is 0.00000121. The summed E-state index contributed by atoms with van der Waals surface area (Å²) in [7, 11) is 0. The molecule has 0 saturated heterocycles. The maximum absolute atomic E-state index is 9.82. The molecule has 1 aromatic rings. The number of hydrogen-bond donors (Lipinski definition) is 0. The minimum Gasteiger partial charge on any atom is -0.412 e. The van der Waals surface area contributed by atoms with Gasteiger partial charge in [-0.15, -0.1) is 4.99 Å². The van der Waals surface area contributed by atoms with Gasteiger partial charge in [0.15, 0.2) is 0 Å². The van der Waals surface area contributed by atoms with E-state index in [-0.39, 0.29) is 5.48 Å². The second-order valence-electron chi connectivity index (χ2n) is 2.06. The van der Waals surface area contributed by atoms with Crippen molar-refractivity contribution in [2.45, 2.75) is 19.8 Å². The van der Waals surface area contributed by atoms with Crippen LogP contribution in [0.2, 0.25) is 0 Å². The van der Waals surface area contributed by atoms with Gasteiger partial charge < -0.3 is 5.48 Å². The van der Waals surface area contributed by atoms with Crippen molar-refractivity contribution in [1.29, 1.82) is 0 Å². The average Bonchev–Trinajstić information content (AvgIpc) is 2.38. The molecule has 0 amide bonds. The van der Waals surface area contributed by atoms with Crippen LogP contribution in [-0.4, -0.2) is 16.5 Å². The zero-order valence-electron chi connectivity index (χ0n) is 6.70. The standard InChI is InChI=1S/C7H8N2OS.H2O/c1-2-3-6-4-8-7(11-6)9-5-10;/h4H,2-3H2,1H3;1H2. The first-order valence-electron chi connectivity index (χ1n) is 3.39. The summed E-state index contributed by atoms with van der Waals surface area (Å²) in [5.74, 6) is 0. The van der Waals surface area contributed by atoms with Crippen molar-refractivity contribution in [3.05, 3.63) is 11.1 Å². The van der Waals surface area contributed by atoms with Crippen molar-refractivity contribution in [3.8, 4) is 0 Å². The van der Waals surface area contributed by atoms with Crippen LogP contribution < -0.4 is 0 Å². The van der Waals surface area contributed by atoms with Crippen molar-refractivity contribution >= 4 is 22.5 Å². The van der Waals surface area contributed by atoms with Crippen molar-refractivity contribution in [3.63, 3.8) is 0 Å². The summed E-state index contributed by atoms with van der Waals surface area (Å²) < 4.78 is 0. The molecule has 1 heterocycles. The van der Waals surface area contributed by atoms with Crippen LogP contribution in [0.3, 0.4) is 0 Å². The first-order chi connectivity index (χ1) is 5.36. The van der Waals surface area contributed by atoms with Crippen LogP contribution in [0.15, 0.2) is 11.2 Å². The largest absolute Gasteiger partial charge is 0.412 e. The molecule has 66 valence electrons. The van der Waals surface area contributed by atoms with Crippen LogP contribution in [0.4, 0.5) is 5.13 Å². The van der Waals surface area contributed by atoms with E-state index in [1.54, 1.807) is 6.20 Å². The van der Waals surface area contributed by atoms with E-state index in [0.29, 0.717) is 5.13 Å². The predicted octanol–water partition coefficient (Wildman–Crippen LogP) is 1.24. The van der Waals surface area contributed by atoms with Gasteiger partial charge in [-0.1, -0.05) is 24.7 Å². The van der Waals surface area contributed by atoms with Gasteiger partial charge in [-0.2, -0.15) is 0 Å². The van der Waals surface area contributed by atoms with Crippen LogP contribution in [-0.2, 0) is 11.2 Å². The van der Waals surface area contributed by atoms with E-state index in [9.17, 15) is 4.79 Å². The van der Waals surface area contributed by atoms with E-state index in [1.807, 2.05) is 0 Å². The Morgan fingerprint density at radius 2 is 2.50 bits per heavy atom. The summed E-state index contributed by atoms with van der Waals surface area (Å²) in [6, 6.07) is 0. The molecule has 4 nitrogen and oxygen atoms in total. The molecule has 0 fully saturated rings. The van der Waals surface area contributed by atoms with Crippen molar-refractivity contribution in [2.24, 2.45) is 4.99 Å². The quantitative estimate of drug-likeness (QED) is 0.526. The molecule has 0 aliphatic rings. The van der Waals surface area contributed by atoms with Crippen LogP contribution >= 0.6 is 11.3 Å². The molecular weight excluding hydrogens is 176 g/mol. The van der Waals surface area contributed by atoms with Gasteiger partial charge in [-0.3, -0.25) is 0 Å². The van der Waals surface area contributed by atoms with Crippen LogP contribution in [0, 0.1) is 0 Å². The Morgan fingerprint density at radius 3 is 3.08 bits per heavy atom. The van der Waals surface area contributed by atoms with Gasteiger partial charge in [-0.05, 0) is 6.42 Å². The van der Waals surface area contributed by atoms with Gasteiger partial charge in [0.2, 0.25) is 11.2 Å². The highest BCUT2D eigenvalue weighted by atomic mass is 32.1. The summed E-state index contributed by atoms with van der Waals surface area (Å²) in [5, 5.41) is 0.503. The summed E-state index contributed by atoms with van der Waals surface area (Å²) in [5.41, 5.74) is 0. The Kier molecular flexibility index (Phi) is 5.12. The number of aromatic nitrogens is 1. The van der Waals surface area contributed by atoms with Crippen molar-refractivity contribution in [1.82, 2.24) is 4.98 Å². The minimum atomic E-state index is 0. The molecule has 0 unspecified atom stereocenters. The van der Waals surface area contributed by atoms with Gasteiger partial charge in [0.25, 0.3) is 0 Å². The Labute approximate surface area is 74.3 Å². The fraction of sp³-hybridized carbons (Fsp3) is 0.429. The highest BCUT2D eigenvalue weighted by molar-refractivity contribution is 7.15. The molecule has 2 N–H and O–H groups in total. The number of aliphatic imine (C=N–C) groups is 1. The second-order valence-corrected chi connectivity index (χ2v) is 3.16. The lowest BCUT2D eigenvalue weighted by molar-refractivity contribution is 0.565. The van der Waals surface area contributed by atoms with E-state index in [0.717, 1.165) is 12.8 Å². The van der Waals surface area contributed by atoms with Gasteiger partial charge >= 0.3 is 0 Å². The molecule has 0 spiro atoms. The molecule has 1 rings (SSSR count). The Hall–Kier alpha value is -1.03. The molecular formula is C7H10N2O2S. The monoisotopic (exact) mass is 186 g/mol. The van der Waals surface area contributed by atoms with Gasteiger partial charge in [0.05, 0.1) is 0 Å². The Morgan fingerprint density at radius 1 is 1.75 bits per heavy atom. The zero-order chi connectivity index (χ0) is 8.10. The Bertz CT molecular complexity index is 279. The fourth-order valence-electron chi connectivity index (χ4n) is 0.750. The lowest BCUT2D eigenvalue weighted by atomic mass is 10.3. The number of rotatable bonds is 3. The molecule has 1 aromatic heterocycles. The number of carbonyl (C=O) groups excluding carboxylic acids is 1. The van der Waals surface area contributed by atoms with Crippen molar-refractivity contribution < 1.29 is 10.3 Å². The number of aryl methyl sites for hydroxylation is 1. The number of nitrogens with zero attached hydrogens (tertiary/aromatic N) is 2. The maximum Gasteiger partial charge on any atom is 0.242 e. The molecule has 12 heavy (non-hydrogen) atoms. The molecule has 5 heteroatoms. The first-order valence-corrected chi connectivity index (χ1v) is 4.21. The molecule has 0 atom stereocenters. The van der Waals surface area contributed by atoms with Crippen LogP contribution in [0.5, 0.6) is 0 Å². The van der Waals surface area contributed by atoms with Crippen LogP contribution in [0.25, 0.3) is 0 Å². The second kappa shape index (κ2) is 5.60. The summed E-state index contributed by atoms with van der Waals surface area (Å²) in [6.07, 6.45) is 5.31. The predicted molar refractivity (Wildman–Crippen MR) is 47.5 cm³/mol. The van der Waals surface area contributed by atoms with Gasteiger partial charge in [0, 0.05) is 11.1 Å². The normalized spacial score (nSPS) is 8.42. The SMILES string of the molecule is CCCc1cnc(N=C=O)s1.O. The third-order valence-corrected chi connectivity index (χ3v) is 2.13. The molecule has 0 aliphatic carbocycles. The maximum atomic E-state index is 9.82. The lowest BCUT2D eigenvalue weighted by Gasteiger charge is -1.84. The number of hydrogen-bond acceptors (Lipinski definition) is 4. The topological polar surface area (TPSA) is 73.8 Å². The lowest BCUT2D eigenvalue weighted by Crippen LogP contribution is -1.72. The minimum absolute atomic E-state index is 0. The van der Waals surface area contributed by atoms with Crippen LogP contribution in [0.1, 0.15) is 18.2 Å². The summed E-state index contributed by atoms with van der Waals surface area (Å²) in [4.78, 5) is 18.3. The highest BCUT2D eigenvalue weighted by Crippen LogP contribution is 2.21. The summed E-state index contributed by atoms with van der Waals surface area (Å²) in [6.45, 7) is 2.10. The van der Waals surface area contributed by atoms with Crippen molar-refractivity contribution in [2.75, 3.05) is 0 Å². The molecule has 0 aromatic carbocycles. The van der Waals surface area contributed by atoms with E-state index in [4.69, 9.17) is 0 Å². The van der Waals surface area contributed by atoms with Gasteiger partial charge in [-0.25, -0.2) is 9.78 Å². The van der Waals surface area contributed by atoms with E-state index in [1.165, 1.54) is 22.3 Å². The fourth-order valence-corrected chi connectivity index (χ4v) is 1.58. The van der Waals surface area contributed by atoms with E-state index >= 15 is 0 Å².